The van der Waals surface area contributed by atoms with Gasteiger partial charge in [0.05, 0.1) is 12.5 Å². The first kappa shape index (κ1) is 10.9. The van der Waals surface area contributed by atoms with Crippen molar-refractivity contribution in [3.8, 4) is 0 Å². The van der Waals surface area contributed by atoms with Gasteiger partial charge in [-0.2, -0.15) is 4.98 Å². The number of rotatable bonds is 3. The maximum Gasteiger partial charge on any atom is 0.194 e. The van der Waals surface area contributed by atoms with E-state index in [2.05, 4.69) is 15.0 Å². The van der Waals surface area contributed by atoms with Crippen molar-refractivity contribution in [2.24, 2.45) is 4.99 Å². The van der Waals surface area contributed by atoms with E-state index in [1.165, 1.54) is 18.1 Å². The second-order valence-electron chi connectivity index (χ2n) is 2.74. The highest BCUT2D eigenvalue weighted by Gasteiger charge is 2.03. The standard InChI is InChI=1S/C8H11FN4S/c1-13(2)5-11-7-6(9)4-10-8(12-7)14-3/h4-5H,1-3H3. The Bertz CT molecular complexity index is 340. The van der Waals surface area contributed by atoms with Gasteiger partial charge in [0.2, 0.25) is 0 Å². The third-order valence-corrected chi connectivity index (χ3v) is 1.86. The molecule has 0 saturated carbocycles. The summed E-state index contributed by atoms with van der Waals surface area (Å²) >= 11 is 1.35. The lowest BCUT2D eigenvalue weighted by Crippen LogP contribution is -2.07. The van der Waals surface area contributed by atoms with Gasteiger partial charge in [-0.1, -0.05) is 11.8 Å². The largest absolute Gasteiger partial charge is 0.369 e. The summed E-state index contributed by atoms with van der Waals surface area (Å²) in [5, 5.41) is 0.511. The molecular weight excluding hydrogens is 203 g/mol. The van der Waals surface area contributed by atoms with E-state index in [0.717, 1.165) is 6.20 Å². The van der Waals surface area contributed by atoms with E-state index >= 15 is 0 Å². The lowest BCUT2D eigenvalue weighted by Gasteiger charge is -2.02. The molecule has 0 unspecified atom stereocenters. The molecule has 76 valence electrons. The van der Waals surface area contributed by atoms with Crippen molar-refractivity contribution in [1.29, 1.82) is 0 Å². The van der Waals surface area contributed by atoms with Crippen molar-refractivity contribution in [1.82, 2.24) is 14.9 Å². The zero-order valence-electron chi connectivity index (χ0n) is 8.23. The van der Waals surface area contributed by atoms with E-state index in [1.54, 1.807) is 19.0 Å². The van der Waals surface area contributed by atoms with Crippen LogP contribution in [0.25, 0.3) is 0 Å². The second-order valence-corrected chi connectivity index (χ2v) is 3.51. The molecule has 0 saturated heterocycles. The van der Waals surface area contributed by atoms with Gasteiger partial charge in [-0.25, -0.2) is 14.4 Å². The molecule has 0 aromatic carbocycles. The zero-order chi connectivity index (χ0) is 10.6. The molecule has 6 heteroatoms. The van der Waals surface area contributed by atoms with Gasteiger partial charge >= 0.3 is 0 Å². The van der Waals surface area contributed by atoms with E-state index in [9.17, 15) is 4.39 Å². The minimum Gasteiger partial charge on any atom is -0.369 e. The monoisotopic (exact) mass is 214 g/mol. The lowest BCUT2D eigenvalue weighted by molar-refractivity contribution is 0.605. The fourth-order valence-electron chi connectivity index (χ4n) is 0.702. The highest BCUT2D eigenvalue weighted by atomic mass is 32.2. The predicted molar refractivity (Wildman–Crippen MR) is 55.6 cm³/mol. The topological polar surface area (TPSA) is 41.4 Å². The summed E-state index contributed by atoms with van der Waals surface area (Å²) in [5.41, 5.74) is 0. The third kappa shape index (κ3) is 2.95. The molecule has 0 fully saturated rings. The zero-order valence-corrected chi connectivity index (χ0v) is 9.05. The Morgan fingerprint density at radius 2 is 2.29 bits per heavy atom. The molecule has 0 spiro atoms. The van der Waals surface area contributed by atoms with Gasteiger partial charge in [0.15, 0.2) is 16.8 Å². The average Bonchev–Trinajstić information content (AvgIpc) is 2.16. The highest BCUT2D eigenvalue weighted by Crippen LogP contribution is 2.16. The molecule has 1 rings (SSSR count). The molecule has 1 heterocycles. The molecule has 0 atom stereocenters. The second kappa shape index (κ2) is 4.90. The minimum absolute atomic E-state index is 0.0676. The average molecular weight is 214 g/mol. The van der Waals surface area contributed by atoms with Crippen LogP contribution in [-0.2, 0) is 0 Å². The quantitative estimate of drug-likeness (QED) is 0.331. The number of aliphatic imine (C=N–C) groups is 1. The summed E-state index contributed by atoms with van der Waals surface area (Å²) in [7, 11) is 3.61. The van der Waals surface area contributed by atoms with Gasteiger partial charge in [0, 0.05) is 14.1 Å². The van der Waals surface area contributed by atoms with E-state index in [4.69, 9.17) is 0 Å². The number of aromatic nitrogens is 2. The first-order chi connectivity index (χ1) is 6.63. The maximum absolute atomic E-state index is 13.1. The molecule has 0 aliphatic rings. The van der Waals surface area contributed by atoms with Gasteiger partial charge in [-0.05, 0) is 6.26 Å². The SMILES string of the molecule is CSc1ncc(F)c(N=CN(C)C)n1. The van der Waals surface area contributed by atoms with Gasteiger partial charge in [-0.3, -0.25) is 0 Å². The normalized spacial score (nSPS) is 10.9. The molecule has 0 bridgehead atoms. The smallest absolute Gasteiger partial charge is 0.194 e. The fourth-order valence-corrected chi connectivity index (χ4v) is 1.04. The van der Waals surface area contributed by atoms with Gasteiger partial charge in [-0.15, -0.1) is 0 Å². The molecule has 0 amide bonds. The minimum atomic E-state index is -0.513. The Kier molecular flexibility index (Phi) is 3.82. The van der Waals surface area contributed by atoms with Crippen LogP contribution in [-0.4, -0.2) is 41.6 Å². The molecule has 1 aromatic rings. The Morgan fingerprint density at radius 1 is 1.57 bits per heavy atom. The summed E-state index contributed by atoms with van der Waals surface area (Å²) in [5.74, 6) is -0.445. The summed E-state index contributed by atoms with van der Waals surface area (Å²) in [6, 6.07) is 0. The Balaban J connectivity index is 2.94. The van der Waals surface area contributed by atoms with Crippen LogP contribution in [0.1, 0.15) is 0 Å². The van der Waals surface area contributed by atoms with Crippen LogP contribution in [0.3, 0.4) is 0 Å². The van der Waals surface area contributed by atoms with Crippen molar-refractivity contribution in [2.45, 2.75) is 5.16 Å². The molecule has 0 radical (unpaired) electrons. The van der Waals surface area contributed by atoms with E-state index in [-0.39, 0.29) is 5.82 Å². The van der Waals surface area contributed by atoms with E-state index in [0.29, 0.717) is 5.16 Å². The van der Waals surface area contributed by atoms with Crippen LogP contribution in [0.15, 0.2) is 16.3 Å². The van der Waals surface area contributed by atoms with Crippen LogP contribution in [0.5, 0.6) is 0 Å². The van der Waals surface area contributed by atoms with Crippen LogP contribution in [0, 0.1) is 5.82 Å². The molecule has 1 aromatic heterocycles. The first-order valence-electron chi connectivity index (χ1n) is 3.90. The van der Waals surface area contributed by atoms with Crippen molar-refractivity contribution in [2.75, 3.05) is 20.4 Å². The predicted octanol–water partition coefficient (Wildman–Crippen LogP) is 1.56. The van der Waals surface area contributed by atoms with Gasteiger partial charge in [0.25, 0.3) is 0 Å². The number of nitrogens with zero attached hydrogens (tertiary/aromatic N) is 4. The maximum atomic E-state index is 13.1. The Hall–Kier alpha value is -1.17. The van der Waals surface area contributed by atoms with Crippen molar-refractivity contribution < 1.29 is 4.39 Å². The lowest BCUT2D eigenvalue weighted by atomic mass is 10.6. The first-order valence-corrected chi connectivity index (χ1v) is 5.13. The van der Waals surface area contributed by atoms with Crippen LogP contribution < -0.4 is 0 Å². The highest BCUT2D eigenvalue weighted by molar-refractivity contribution is 7.98. The van der Waals surface area contributed by atoms with E-state index in [1.807, 2.05) is 6.26 Å². The van der Waals surface area contributed by atoms with Gasteiger partial charge < -0.3 is 4.90 Å². The van der Waals surface area contributed by atoms with Crippen LogP contribution in [0.4, 0.5) is 10.2 Å². The molecule has 0 aliphatic carbocycles. The number of halogens is 1. The van der Waals surface area contributed by atoms with Gasteiger partial charge in [0.1, 0.15) is 0 Å². The summed E-state index contributed by atoms with van der Waals surface area (Å²) in [6.07, 6.45) is 4.45. The summed E-state index contributed by atoms with van der Waals surface area (Å²) in [4.78, 5) is 13.3. The number of hydrogen-bond donors (Lipinski definition) is 0. The van der Waals surface area contributed by atoms with Crippen LogP contribution in [0.2, 0.25) is 0 Å². The van der Waals surface area contributed by atoms with E-state index < -0.39 is 5.82 Å². The summed E-state index contributed by atoms with van der Waals surface area (Å²) in [6.45, 7) is 0. The molecule has 0 N–H and O–H groups in total. The number of thioether (sulfide) groups is 1. The Labute approximate surface area is 86.3 Å². The Morgan fingerprint density at radius 3 is 2.86 bits per heavy atom. The molecular formula is C8H11FN4S. The third-order valence-electron chi connectivity index (χ3n) is 1.30. The molecule has 14 heavy (non-hydrogen) atoms. The van der Waals surface area contributed by atoms with Crippen molar-refractivity contribution in [3.05, 3.63) is 12.0 Å². The molecule has 4 nitrogen and oxygen atoms in total. The molecule has 0 aliphatic heterocycles. The van der Waals surface area contributed by atoms with Crippen LogP contribution >= 0.6 is 11.8 Å². The fraction of sp³-hybridized carbons (Fsp3) is 0.375. The van der Waals surface area contributed by atoms with Crippen molar-refractivity contribution in [3.63, 3.8) is 0 Å². The van der Waals surface area contributed by atoms with Crippen molar-refractivity contribution >= 4 is 23.9 Å². The summed E-state index contributed by atoms with van der Waals surface area (Å²) < 4.78 is 13.1. The number of hydrogen-bond acceptors (Lipinski definition) is 4.